The lowest BCUT2D eigenvalue weighted by Crippen LogP contribution is -2.46. The molecule has 6 heterocycles. The average Bonchev–Trinajstić information content (AvgIpc) is 3.80. The van der Waals surface area contributed by atoms with Crippen LogP contribution in [0.5, 0.6) is 0 Å². The second kappa shape index (κ2) is 11.1. The molecule has 3 N–H and O–H groups in total. The third kappa shape index (κ3) is 5.09. The van der Waals surface area contributed by atoms with Crippen molar-refractivity contribution in [3.8, 4) is 11.3 Å². The van der Waals surface area contributed by atoms with Crippen LogP contribution in [0.1, 0.15) is 80.2 Å². The van der Waals surface area contributed by atoms with E-state index >= 15 is 0 Å². The highest BCUT2D eigenvalue weighted by atomic mass is 16.2. The van der Waals surface area contributed by atoms with Crippen LogP contribution in [0.25, 0.3) is 33.5 Å². The van der Waals surface area contributed by atoms with Crippen LogP contribution in [0.3, 0.4) is 0 Å². The molecule has 7 rings (SSSR count). The molecule has 2 aliphatic heterocycles. The van der Waals surface area contributed by atoms with Gasteiger partial charge in [-0.25, -0.2) is 15.0 Å². The predicted octanol–water partition coefficient (Wildman–Crippen LogP) is 6.48. The van der Waals surface area contributed by atoms with E-state index in [1.807, 2.05) is 12.4 Å². The molecule has 0 saturated carbocycles. The van der Waals surface area contributed by atoms with Crippen LogP contribution in [0, 0.1) is 13.8 Å². The number of aromatic amines is 2. The Balaban J connectivity index is 1.19. The summed E-state index contributed by atoms with van der Waals surface area (Å²) in [5.41, 5.74) is 10.1. The fraction of sp³-hybridized carbons (Fsp3) is 0.444. The molecule has 0 radical (unpaired) electrons. The SMILES string of the molecule is Cc1cc(C)cc(-c2[nH]c3ncc(C(C)(C)C(=O)N4C5CCC4CC5)cc3c2C(C)CNCCc2cnc3nc[nH]c3c2)c1. The minimum atomic E-state index is -0.647. The number of carbonyl (C=O) groups is 1. The molecule has 1 aromatic carbocycles. The maximum atomic E-state index is 14.0. The monoisotopic (exact) mass is 589 g/mol. The molecule has 0 aliphatic carbocycles. The topological polar surface area (TPSA) is 103 Å². The highest BCUT2D eigenvalue weighted by Gasteiger charge is 2.47. The Morgan fingerprint density at radius 1 is 1.00 bits per heavy atom. The molecule has 8 heteroatoms. The molecule has 2 bridgehead atoms. The van der Waals surface area contributed by atoms with E-state index in [2.05, 4.69) is 95.1 Å². The fourth-order valence-electron chi connectivity index (χ4n) is 7.64. The maximum Gasteiger partial charge on any atom is 0.233 e. The predicted molar refractivity (Wildman–Crippen MR) is 176 cm³/mol. The number of rotatable bonds is 9. The summed E-state index contributed by atoms with van der Waals surface area (Å²) in [7, 11) is 0. The average molecular weight is 590 g/mol. The number of pyridine rings is 2. The zero-order valence-corrected chi connectivity index (χ0v) is 26.5. The first-order valence-electron chi connectivity index (χ1n) is 16.1. The Hall–Kier alpha value is -4.04. The maximum absolute atomic E-state index is 14.0. The van der Waals surface area contributed by atoms with Gasteiger partial charge in [0.15, 0.2) is 5.65 Å². The summed E-state index contributed by atoms with van der Waals surface area (Å²) in [6.45, 7) is 12.4. The molecule has 1 unspecified atom stereocenters. The molecular formula is C36H43N7O. The van der Waals surface area contributed by atoms with Crippen LogP contribution in [-0.4, -0.2) is 60.9 Å². The zero-order valence-electron chi connectivity index (χ0n) is 26.5. The van der Waals surface area contributed by atoms with E-state index < -0.39 is 5.41 Å². The van der Waals surface area contributed by atoms with Gasteiger partial charge in [0.1, 0.15) is 5.65 Å². The van der Waals surface area contributed by atoms with Crippen LogP contribution in [0.4, 0.5) is 0 Å². The molecule has 44 heavy (non-hydrogen) atoms. The van der Waals surface area contributed by atoms with Gasteiger partial charge in [-0.3, -0.25) is 4.79 Å². The van der Waals surface area contributed by atoms with E-state index in [1.54, 1.807) is 6.33 Å². The molecule has 2 fully saturated rings. The molecular weight excluding hydrogens is 546 g/mol. The zero-order chi connectivity index (χ0) is 30.6. The first kappa shape index (κ1) is 28.7. The summed E-state index contributed by atoms with van der Waals surface area (Å²) in [5, 5.41) is 4.80. The van der Waals surface area contributed by atoms with Gasteiger partial charge >= 0.3 is 0 Å². The minimum Gasteiger partial charge on any atom is -0.343 e. The lowest BCUT2D eigenvalue weighted by atomic mass is 9.82. The molecule has 1 amide bonds. The second-order valence-electron chi connectivity index (χ2n) is 13.7. The van der Waals surface area contributed by atoms with Crippen molar-refractivity contribution in [3.63, 3.8) is 0 Å². The van der Waals surface area contributed by atoms with Gasteiger partial charge in [-0.1, -0.05) is 24.1 Å². The Morgan fingerprint density at radius 2 is 1.73 bits per heavy atom. The number of nitrogens with one attached hydrogen (secondary N) is 3. The summed E-state index contributed by atoms with van der Waals surface area (Å²) in [6, 6.07) is 11.9. The number of hydrogen-bond acceptors (Lipinski definition) is 5. The summed E-state index contributed by atoms with van der Waals surface area (Å²) in [6.07, 6.45) is 11.0. The lowest BCUT2D eigenvalue weighted by molar-refractivity contribution is -0.137. The standard InChI is InChI=1S/C36H43N7O/c1-21-12-22(2)14-25(13-21)32-31(23(3)17-37-11-10-24-15-30-34(38-18-24)41-20-40-30)29-16-26(19-39-33(29)42-32)36(4,5)35(44)43-27-6-7-28(43)9-8-27/h12-16,18-20,23,27-28,37H,6-11,17H2,1-5H3,(H,39,42)(H,38,40,41). The second-order valence-corrected chi connectivity index (χ2v) is 13.7. The van der Waals surface area contributed by atoms with Crippen molar-refractivity contribution < 1.29 is 4.79 Å². The number of aromatic nitrogens is 5. The first-order chi connectivity index (χ1) is 21.2. The number of carbonyl (C=O) groups excluding carboxylic acids is 1. The number of nitrogens with zero attached hydrogens (tertiary/aromatic N) is 4. The summed E-state index contributed by atoms with van der Waals surface area (Å²) < 4.78 is 0. The van der Waals surface area contributed by atoms with Crippen molar-refractivity contribution >= 4 is 28.1 Å². The van der Waals surface area contributed by atoms with Gasteiger partial charge in [0, 0.05) is 36.4 Å². The summed E-state index contributed by atoms with van der Waals surface area (Å²) in [5.74, 6) is 0.450. The van der Waals surface area contributed by atoms with Crippen molar-refractivity contribution in [1.82, 2.24) is 35.1 Å². The van der Waals surface area contributed by atoms with E-state index in [1.165, 1.54) is 27.8 Å². The third-order valence-corrected chi connectivity index (χ3v) is 10.0. The molecule has 8 nitrogen and oxygen atoms in total. The Kier molecular flexibility index (Phi) is 7.28. The summed E-state index contributed by atoms with van der Waals surface area (Å²) >= 11 is 0. The van der Waals surface area contributed by atoms with E-state index in [4.69, 9.17) is 4.98 Å². The van der Waals surface area contributed by atoms with E-state index in [0.29, 0.717) is 12.1 Å². The highest BCUT2D eigenvalue weighted by Crippen LogP contribution is 2.42. The Labute approximate surface area is 259 Å². The molecule has 228 valence electrons. The fourth-order valence-corrected chi connectivity index (χ4v) is 7.64. The largest absolute Gasteiger partial charge is 0.343 e. The van der Waals surface area contributed by atoms with Crippen molar-refractivity contribution in [2.75, 3.05) is 13.1 Å². The minimum absolute atomic E-state index is 0.207. The van der Waals surface area contributed by atoms with Gasteiger partial charge in [-0.15, -0.1) is 0 Å². The normalized spacial score (nSPS) is 19.0. The number of amides is 1. The van der Waals surface area contributed by atoms with Gasteiger partial charge < -0.3 is 20.2 Å². The first-order valence-corrected chi connectivity index (χ1v) is 16.1. The Bertz CT molecular complexity index is 1810. The highest BCUT2D eigenvalue weighted by molar-refractivity contribution is 5.93. The van der Waals surface area contributed by atoms with Crippen LogP contribution in [0.2, 0.25) is 0 Å². The van der Waals surface area contributed by atoms with E-state index in [-0.39, 0.29) is 11.8 Å². The molecule has 1 atom stereocenters. The molecule has 2 aliphatic rings. The van der Waals surface area contributed by atoms with Gasteiger partial charge in [0.05, 0.1) is 23.0 Å². The molecule has 0 spiro atoms. The quantitative estimate of drug-likeness (QED) is 0.171. The lowest BCUT2D eigenvalue weighted by Gasteiger charge is -2.32. The van der Waals surface area contributed by atoms with Crippen LogP contribution < -0.4 is 5.32 Å². The smallest absolute Gasteiger partial charge is 0.233 e. The number of H-pyrrole nitrogens is 2. The molecule has 5 aromatic rings. The molecule has 4 aromatic heterocycles. The van der Waals surface area contributed by atoms with Crippen LogP contribution in [-0.2, 0) is 16.6 Å². The van der Waals surface area contributed by atoms with Crippen molar-refractivity contribution in [2.24, 2.45) is 0 Å². The number of benzene rings is 1. The van der Waals surface area contributed by atoms with E-state index in [9.17, 15) is 4.79 Å². The van der Waals surface area contributed by atoms with Crippen LogP contribution in [0.15, 0.2) is 49.1 Å². The number of aryl methyl sites for hydroxylation is 2. The summed E-state index contributed by atoms with van der Waals surface area (Å²) in [4.78, 5) is 36.7. The number of hydrogen-bond donors (Lipinski definition) is 3. The van der Waals surface area contributed by atoms with Gasteiger partial charge in [0.25, 0.3) is 0 Å². The van der Waals surface area contributed by atoms with E-state index in [0.717, 1.165) is 78.6 Å². The van der Waals surface area contributed by atoms with Crippen LogP contribution >= 0.6 is 0 Å². The molecule has 2 saturated heterocycles. The van der Waals surface area contributed by atoms with Crippen molar-refractivity contribution in [2.45, 2.75) is 90.1 Å². The van der Waals surface area contributed by atoms with Crippen molar-refractivity contribution in [1.29, 1.82) is 0 Å². The van der Waals surface area contributed by atoms with Gasteiger partial charge in [-0.2, -0.15) is 0 Å². The number of imidazole rings is 1. The van der Waals surface area contributed by atoms with Crippen molar-refractivity contribution in [3.05, 3.63) is 76.9 Å². The number of fused-ring (bicyclic) bond motifs is 4. The van der Waals surface area contributed by atoms with Gasteiger partial charge in [0.2, 0.25) is 5.91 Å². The van der Waals surface area contributed by atoms with Gasteiger partial charge in [-0.05, 0) is 119 Å². The Morgan fingerprint density at radius 3 is 2.45 bits per heavy atom. The third-order valence-electron chi connectivity index (χ3n) is 10.0.